The molecular weight excluding hydrogens is 202 g/mol. The first-order valence-electron chi connectivity index (χ1n) is 6.23. The molecule has 2 unspecified atom stereocenters. The van der Waals surface area contributed by atoms with Gasteiger partial charge in [0, 0.05) is 30.3 Å². The van der Waals surface area contributed by atoms with E-state index in [1.54, 1.807) is 0 Å². The Balaban J connectivity index is 1.98. The summed E-state index contributed by atoms with van der Waals surface area (Å²) in [6.07, 6.45) is 3.85. The van der Waals surface area contributed by atoms with Crippen LogP contribution in [0.5, 0.6) is 0 Å². The summed E-state index contributed by atoms with van der Waals surface area (Å²) in [6, 6.07) is 0.525. The number of aliphatic hydroxyl groups excluding tert-OH is 1. The summed E-state index contributed by atoms with van der Waals surface area (Å²) in [5.41, 5.74) is 3.99. The van der Waals surface area contributed by atoms with Crippen LogP contribution in [0.3, 0.4) is 0 Å². The molecule has 0 aromatic carbocycles. The lowest BCUT2D eigenvalue weighted by molar-refractivity contribution is 0.143. The van der Waals surface area contributed by atoms with Crippen LogP contribution in [0.4, 0.5) is 0 Å². The Labute approximate surface area is 95.7 Å². The molecule has 0 saturated heterocycles. The van der Waals surface area contributed by atoms with Gasteiger partial charge in [0.25, 0.3) is 0 Å². The van der Waals surface area contributed by atoms with Crippen molar-refractivity contribution in [2.24, 2.45) is 0 Å². The van der Waals surface area contributed by atoms with E-state index in [1.165, 1.54) is 17.0 Å². The Morgan fingerprint density at radius 1 is 1.50 bits per heavy atom. The molecule has 2 atom stereocenters. The van der Waals surface area contributed by atoms with Crippen LogP contribution in [-0.2, 0) is 25.9 Å². The molecule has 2 aliphatic heterocycles. The van der Waals surface area contributed by atoms with Gasteiger partial charge in [0.2, 0.25) is 0 Å². The number of hydrogen-bond acceptors (Lipinski definition) is 3. The maximum atomic E-state index is 9.77. The first-order valence-corrected chi connectivity index (χ1v) is 6.23. The number of aliphatic hydroxyl groups is 1. The van der Waals surface area contributed by atoms with Crippen LogP contribution < -0.4 is 5.32 Å². The van der Waals surface area contributed by atoms with E-state index in [2.05, 4.69) is 17.3 Å². The number of nitrogens with one attached hydrogen (secondary N) is 1. The molecule has 0 bridgehead atoms. The minimum atomic E-state index is -0.215. The molecule has 1 aromatic rings. The van der Waals surface area contributed by atoms with Gasteiger partial charge in [-0.3, -0.25) is 4.68 Å². The van der Waals surface area contributed by atoms with E-state index < -0.39 is 0 Å². The summed E-state index contributed by atoms with van der Waals surface area (Å²) in [5.74, 6) is 0. The van der Waals surface area contributed by atoms with Gasteiger partial charge in [-0.2, -0.15) is 5.10 Å². The molecule has 88 valence electrons. The Hall–Kier alpha value is -0.870. The smallest absolute Gasteiger partial charge is 0.0736 e. The summed E-state index contributed by atoms with van der Waals surface area (Å²) < 4.78 is 2.04. The Morgan fingerprint density at radius 3 is 3.25 bits per heavy atom. The number of rotatable bonds is 0. The van der Waals surface area contributed by atoms with Gasteiger partial charge in [-0.05, 0) is 26.2 Å². The van der Waals surface area contributed by atoms with Gasteiger partial charge in [-0.1, -0.05) is 0 Å². The molecule has 0 saturated carbocycles. The van der Waals surface area contributed by atoms with Crippen molar-refractivity contribution in [3.8, 4) is 0 Å². The maximum absolute atomic E-state index is 9.77. The van der Waals surface area contributed by atoms with Gasteiger partial charge in [0.1, 0.15) is 0 Å². The largest absolute Gasteiger partial charge is 0.391 e. The Morgan fingerprint density at radius 2 is 2.38 bits per heavy atom. The lowest BCUT2D eigenvalue weighted by atomic mass is 10.00. The van der Waals surface area contributed by atoms with Crippen molar-refractivity contribution in [3.63, 3.8) is 0 Å². The van der Waals surface area contributed by atoms with Crippen LogP contribution in [0.15, 0.2) is 0 Å². The summed E-state index contributed by atoms with van der Waals surface area (Å²) in [5, 5.41) is 17.9. The van der Waals surface area contributed by atoms with Crippen LogP contribution in [-0.4, -0.2) is 27.0 Å². The summed E-state index contributed by atoms with van der Waals surface area (Å²) in [6.45, 7) is 3.82. The van der Waals surface area contributed by atoms with E-state index in [4.69, 9.17) is 0 Å². The molecule has 1 aromatic heterocycles. The maximum Gasteiger partial charge on any atom is 0.0736 e. The SMILES string of the molecule is CC1Cc2nn3c(c2CN1)CCCC(O)C3. The van der Waals surface area contributed by atoms with Crippen molar-refractivity contribution >= 4 is 0 Å². The first-order chi connectivity index (χ1) is 7.74. The fourth-order valence-electron chi connectivity index (χ4n) is 2.82. The highest BCUT2D eigenvalue weighted by molar-refractivity contribution is 5.30. The highest BCUT2D eigenvalue weighted by atomic mass is 16.3. The minimum absolute atomic E-state index is 0.215. The van der Waals surface area contributed by atoms with E-state index in [0.717, 1.165) is 32.2 Å². The zero-order valence-electron chi connectivity index (χ0n) is 9.74. The molecule has 2 aliphatic rings. The van der Waals surface area contributed by atoms with Crippen molar-refractivity contribution in [1.29, 1.82) is 0 Å². The molecule has 0 radical (unpaired) electrons. The molecular formula is C12H19N3O. The Kier molecular flexibility index (Phi) is 2.48. The number of nitrogens with zero attached hydrogens (tertiary/aromatic N) is 2. The van der Waals surface area contributed by atoms with Gasteiger partial charge < -0.3 is 10.4 Å². The molecule has 0 fully saturated rings. The van der Waals surface area contributed by atoms with Crippen molar-refractivity contribution < 1.29 is 5.11 Å². The fourth-order valence-corrected chi connectivity index (χ4v) is 2.82. The normalized spacial score (nSPS) is 29.4. The highest BCUT2D eigenvalue weighted by Crippen LogP contribution is 2.24. The molecule has 16 heavy (non-hydrogen) atoms. The van der Waals surface area contributed by atoms with E-state index in [-0.39, 0.29) is 6.10 Å². The average molecular weight is 221 g/mol. The third-order valence-electron chi connectivity index (χ3n) is 3.71. The molecule has 3 heterocycles. The molecule has 3 rings (SSSR count). The van der Waals surface area contributed by atoms with Gasteiger partial charge in [0.05, 0.1) is 18.3 Å². The Bertz CT molecular complexity index is 399. The minimum Gasteiger partial charge on any atom is -0.391 e. The van der Waals surface area contributed by atoms with Crippen LogP contribution in [0.2, 0.25) is 0 Å². The van der Waals surface area contributed by atoms with Crippen LogP contribution >= 0.6 is 0 Å². The predicted molar refractivity (Wildman–Crippen MR) is 61.2 cm³/mol. The van der Waals surface area contributed by atoms with Crippen molar-refractivity contribution in [3.05, 3.63) is 17.0 Å². The standard InChI is InChI=1S/C12H19N3O/c1-8-5-11-10(6-13-8)12-4-2-3-9(16)7-15(12)14-11/h8-9,13,16H,2-7H2,1H3. The first kappa shape index (κ1) is 10.3. The lowest BCUT2D eigenvalue weighted by Gasteiger charge is -2.19. The van der Waals surface area contributed by atoms with Crippen molar-refractivity contribution in [2.75, 3.05) is 0 Å². The third kappa shape index (κ3) is 1.66. The summed E-state index contributed by atoms with van der Waals surface area (Å²) in [7, 11) is 0. The zero-order chi connectivity index (χ0) is 11.1. The van der Waals surface area contributed by atoms with Crippen LogP contribution in [0.1, 0.15) is 36.7 Å². The average Bonchev–Trinajstić information content (AvgIpc) is 2.44. The van der Waals surface area contributed by atoms with E-state index >= 15 is 0 Å². The van der Waals surface area contributed by atoms with Crippen LogP contribution in [0, 0.1) is 0 Å². The highest BCUT2D eigenvalue weighted by Gasteiger charge is 2.25. The molecule has 4 nitrogen and oxygen atoms in total. The summed E-state index contributed by atoms with van der Waals surface area (Å²) in [4.78, 5) is 0. The number of hydrogen-bond donors (Lipinski definition) is 2. The molecule has 0 amide bonds. The zero-order valence-corrected chi connectivity index (χ0v) is 9.74. The van der Waals surface area contributed by atoms with Gasteiger partial charge in [-0.15, -0.1) is 0 Å². The predicted octanol–water partition coefficient (Wildman–Crippen LogP) is 0.614. The second kappa shape index (κ2) is 3.86. The van der Waals surface area contributed by atoms with Crippen LogP contribution in [0.25, 0.3) is 0 Å². The fraction of sp³-hybridized carbons (Fsp3) is 0.750. The van der Waals surface area contributed by atoms with E-state index in [9.17, 15) is 5.11 Å². The topological polar surface area (TPSA) is 50.1 Å². The molecule has 0 aliphatic carbocycles. The summed E-state index contributed by atoms with van der Waals surface area (Å²) >= 11 is 0. The van der Waals surface area contributed by atoms with Gasteiger partial charge in [0.15, 0.2) is 0 Å². The lowest BCUT2D eigenvalue weighted by Crippen LogP contribution is -2.32. The third-order valence-corrected chi connectivity index (χ3v) is 3.71. The monoisotopic (exact) mass is 221 g/mol. The molecule has 4 heteroatoms. The van der Waals surface area contributed by atoms with Crippen molar-refractivity contribution in [1.82, 2.24) is 15.1 Å². The van der Waals surface area contributed by atoms with Gasteiger partial charge >= 0.3 is 0 Å². The van der Waals surface area contributed by atoms with E-state index in [1.807, 2.05) is 4.68 Å². The second-order valence-corrected chi connectivity index (χ2v) is 5.09. The van der Waals surface area contributed by atoms with Gasteiger partial charge in [-0.25, -0.2) is 0 Å². The van der Waals surface area contributed by atoms with E-state index in [0.29, 0.717) is 12.6 Å². The van der Waals surface area contributed by atoms with Crippen molar-refractivity contribution in [2.45, 2.75) is 57.8 Å². The quantitative estimate of drug-likeness (QED) is 0.675. The molecule has 0 spiro atoms. The molecule has 2 N–H and O–H groups in total. The number of aromatic nitrogens is 2. The number of fused-ring (bicyclic) bond motifs is 3. The second-order valence-electron chi connectivity index (χ2n) is 5.09.